The number of rotatable bonds is 7. The van der Waals surface area contributed by atoms with E-state index in [4.69, 9.17) is 23.2 Å². The molecule has 1 atom stereocenters. The molecule has 1 aliphatic carbocycles. The lowest BCUT2D eigenvalue weighted by molar-refractivity contribution is -0.142. The minimum atomic E-state index is -0.779. The predicted octanol–water partition coefficient (Wildman–Crippen LogP) is 2.09. The van der Waals surface area contributed by atoms with Crippen LogP contribution in [0, 0.1) is 0 Å². The second-order valence-electron chi connectivity index (χ2n) is 8.05. The first kappa shape index (κ1) is 21.6. The molecule has 2 fully saturated rings. The highest BCUT2D eigenvalue weighted by Crippen LogP contribution is 2.34. The molecular weight excluding hydrogens is 469 g/mol. The molecular formula is C21H19Cl2N7O3. The Kier molecular flexibility index (Phi) is 5.63. The molecule has 10 nitrogen and oxygen atoms in total. The first-order valence-electron chi connectivity index (χ1n) is 10.4. The van der Waals surface area contributed by atoms with Crippen molar-refractivity contribution >= 4 is 47.0 Å². The lowest BCUT2D eigenvalue weighted by atomic mass is 10.1. The standard InChI is InChI=1S/C21H19Cl2N7O3/c22-13-1-4-17(30-9-19(23)24-26-30)18(7-13)28-11-20(32)27(10-21(28)33)16(12-31)8-14-5-6-29(25-14)15-2-3-15/h1,4-7,9,12,15-16H,2-3,8,10-11H2. The molecule has 2 aromatic heterocycles. The fourth-order valence-corrected chi connectivity index (χ4v) is 4.19. The molecule has 3 aromatic rings. The number of nitrogens with zero attached hydrogens (tertiary/aromatic N) is 7. The van der Waals surface area contributed by atoms with Crippen LogP contribution in [0.4, 0.5) is 5.69 Å². The molecule has 1 aromatic carbocycles. The highest BCUT2D eigenvalue weighted by molar-refractivity contribution is 6.31. The van der Waals surface area contributed by atoms with Gasteiger partial charge in [0.05, 0.1) is 35.3 Å². The average molecular weight is 488 g/mol. The predicted molar refractivity (Wildman–Crippen MR) is 119 cm³/mol. The van der Waals surface area contributed by atoms with Gasteiger partial charge in [-0.05, 0) is 37.1 Å². The summed E-state index contributed by atoms with van der Waals surface area (Å²) in [6, 6.07) is 6.37. The lowest BCUT2D eigenvalue weighted by Crippen LogP contribution is -2.58. The number of halogens is 2. The van der Waals surface area contributed by atoms with E-state index >= 15 is 0 Å². The van der Waals surface area contributed by atoms with Crippen LogP contribution in [0.25, 0.3) is 5.69 Å². The number of aromatic nitrogens is 5. The number of benzene rings is 1. The van der Waals surface area contributed by atoms with Crippen molar-refractivity contribution < 1.29 is 14.4 Å². The van der Waals surface area contributed by atoms with Gasteiger partial charge in [0.15, 0.2) is 5.15 Å². The molecule has 33 heavy (non-hydrogen) atoms. The minimum Gasteiger partial charge on any atom is -0.322 e. The summed E-state index contributed by atoms with van der Waals surface area (Å²) >= 11 is 12.1. The quantitative estimate of drug-likeness (QED) is 0.472. The average Bonchev–Trinajstić information content (AvgIpc) is 3.39. The third-order valence-corrected chi connectivity index (χ3v) is 6.13. The first-order chi connectivity index (χ1) is 15.9. The molecule has 1 saturated heterocycles. The van der Waals surface area contributed by atoms with E-state index < -0.39 is 6.04 Å². The molecule has 2 amide bonds. The SMILES string of the molecule is O=CC(Cc1ccn(C2CC2)n1)N1CC(=O)N(c2cc(Cl)ccc2-n2cc(Cl)nn2)CC1=O. The topological polar surface area (TPSA) is 106 Å². The summed E-state index contributed by atoms with van der Waals surface area (Å²) < 4.78 is 3.29. The molecule has 1 saturated carbocycles. The molecule has 1 aliphatic heterocycles. The normalized spacial score (nSPS) is 17.5. The lowest BCUT2D eigenvalue weighted by Gasteiger charge is -2.37. The minimum absolute atomic E-state index is 0.182. The molecule has 1 unspecified atom stereocenters. The third-order valence-electron chi connectivity index (χ3n) is 5.72. The van der Waals surface area contributed by atoms with Crippen LogP contribution in [0.15, 0.2) is 36.7 Å². The van der Waals surface area contributed by atoms with E-state index in [9.17, 15) is 14.4 Å². The van der Waals surface area contributed by atoms with Crippen molar-refractivity contribution in [1.82, 2.24) is 29.7 Å². The zero-order chi connectivity index (χ0) is 23.1. The van der Waals surface area contributed by atoms with Gasteiger partial charge < -0.3 is 9.69 Å². The van der Waals surface area contributed by atoms with Crippen molar-refractivity contribution in [3.8, 4) is 5.69 Å². The molecule has 5 rings (SSSR count). The van der Waals surface area contributed by atoms with Crippen LogP contribution in [-0.4, -0.2) is 66.9 Å². The Hall–Kier alpha value is -3.24. The maximum absolute atomic E-state index is 13.1. The van der Waals surface area contributed by atoms with Crippen LogP contribution in [0.3, 0.4) is 0 Å². The van der Waals surface area contributed by atoms with Gasteiger partial charge in [0.2, 0.25) is 11.8 Å². The fourth-order valence-electron chi connectivity index (χ4n) is 3.90. The molecule has 0 N–H and O–H groups in total. The van der Waals surface area contributed by atoms with Crippen molar-refractivity contribution in [2.45, 2.75) is 31.3 Å². The van der Waals surface area contributed by atoms with Crippen LogP contribution in [-0.2, 0) is 20.8 Å². The number of piperazine rings is 1. The number of anilines is 1. The largest absolute Gasteiger partial charge is 0.322 e. The Morgan fingerprint density at radius 3 is 2.61 bits per heavy atom. The molecule has 0 spiro atoms. The van der Waals surface area contributed by atoms with Gasteiger partial charge in [-0.25, -0.2) is 4.68 Å². The van der Waals surface area contributed by atoms with Crippen LogP contribution >= 0.6 is 23.2 Å². The van der Waals surface area contributed by atoms with Crippen molar-refractivity contribution in [2.24, 2.45) is 0 Å². The number of hydrogen-bond acceptors (Lipinski definition) is 6. The van der Waals surface area contributed by atoms with E-state index in [1.807, 2.05) is 16.9 Å². The highest BCUT2D eigenvalue weighted by Gasteiger charge is 2.36. The molecule has 3 heterocycles. The summed E-state index contributed by atoms with van der Waals surface area (Å²) in [7, 11) is 0. The summed E-state index contributed by atoms with van der Waals surface area (Å²) in [4.78, 5) is 40.6. The Labute approximate surface area is 198 Å². The summed E-state index contributed by atoms with van der Waals surface area (Å²) in [5.41, 5.74) is 1.60. The van der Waals surface area contributed by atoms with Crippen molar-refractivity contribution in [3.05, 3.63) is 52.5 Å². The van der Waals surface area contributed by atoms with E-state index in [0.29, 0.717) is 34.4 Å². The Balaban J connectivity index is 1.37. The summed E-state index contributed by atoms with van der Waals surface area (Å²) in [6.07, 6.45) is 6.51. The number of hydrogen-bond donors (Lipinski definition) is 0. The zero-order valence-corrected chi connectivity index (χ0v) is 18.9. The number of carbonyl (C=O) groups excluding carboxylic acids is 3. The highest BCUT2D eigenvalue weighted by atomic mass is 35.5. The number of amides is 2. The van der Waals surface area contributed by atoms with E-state index in [-0.39, 0.29) is 36.5 Å². The van der Waals surface area contributed by atoms with E-state index in [1.165, 1.54) is 20.7 Å². The van der Waals surface area contributed by atoms with Gasteiger partial charge >= 0.3 is 0 Å². The monoisotopic (exact) mass is 487 g/mol. The maximum atomic E-state index is 13.1. The molecule has 0 bridgehead atoms. The van der Waals surface area contributed by atoms with Gasteiger partial charge in [0.1, 0.15) is 19.4 Å². The third kappa shape index (κ3) is 4.36. The van der Waals surface area contributed by atoms with Gasteiger partial charge in [-0.1, -0.05) is 28.4 Å². The van der Waals surface area contributed by atoms with Gasteiger partial charge in [-0.2, -0.15) is 5.10 Å². The van der Waals surface area contributed by atoms with Gasteiger partial charge in [0.25, 0.3) is 0 Å². The fraction of sp³-hybridized carbons (Fsp3) is 0.333. The van der Waals surface area contributed by atoms with E-state index in [2.05, 4.69) is 15.4 Å². The van der Waals surface area contributed by atoms with E-state index in [1.54, 1.807) is 18.2 Å². The Morgan fingerprint density at radius 2 is 1.91 bits per heavy atom. The van der Waals surface area contributed by atoms with Crippen molar-refractivity contribution in [1.29, 1.82) is 0 Å². The molecule has 12 heteroatoms. The van der Waals surface area contributed by atoms with Gasteiger partial charge in [-0.3, -0.25) is 19.2 Å². The van der Waals surface area contributed by atoms with Gasteiger partial charge in [-0.15, -0.1) is 5.10 Å². The molecule has 0 radical (unpaired) electrons. The summed E-state index contributed by atoms with van der Waals surface area (Å²) in [5.74, 6) is -0.699. The van der Waals surface area contributed by atoms with Crippen LogP contribution < -0.4 is 4.90 Å². The first-order valence-corrected chi connectivity index (χ1v) is 11.2. The summed E-state index contributed by atoms with van der Waals surface area (Å²) in [5, 5.41) is 12.8. The Bertz CT molecular complexity index is 1240. The second kappa shape index (κ2) is 8.60. The Morgan fingerprint density at radius 1 is 1.09 bits per heavy atom. The van der Waals surface area contributed by atoms with Gasteiger partial charge in [0, 0.05) is 17.6 Å². The van der Waals surface area contributed by atoms with Crippen molar-refractivity contribution in [2.75, 3.05) is 18.0 Å². The van der Waals surface area contributed by atoms with E-state index in [0.717, 1.165) is 12.8 Å². The summed E-state index contributed by atoms with van der Waals surface area (Å²) in [6.45, 7) is -0.481. The maximum Gasteiger partial charge on any atom is 0.247 e. The van der Waals surface area contributed by atoms with Crippen LogP contribution in [0.5, 0.6) is 0 Å². The zero-order valence-electron chi connectivity index (χ0n) is 17.3. The molecule has 2 aliphatic rings. The molecule has 170 valence electrons. The smallest absolute Gasteiger partial charge is 0.247 e. The van der Waals surface area contributed by atoms with Crippen LogP contribution in [0.1, 0.15) is 24.6 Å². The number of aldehydes is 1. The number of carbonyl (C=O) groups is 3. The van der Waals surface area contributed by atoms with Crippen molar-refractivity contribution in [3.63, 3.8) is 0 Å². The van der Waals surface area contributed by atoms with Crippen LogP contribution in [0.2, 0.25) is 10.2 Å². The second-order valence-corrected chi connectivity index (χ2v) is 8.87.